The van der Waals surface area contributed by atoms with Crippen molar-refractivity contribution in [1.82, 2.24) is 5.32 Å². The van der Waals surface area contributed by atoms with Gasteiger partial charge in [-0.05, 0) is 81.6 Å². The number of carbonyl (C=O) groups is 2. The number of carbonyl (C=O) groups excluding carboxylic acids is 1. The van der Waals surface area contributed by atoms with Crippen molar-refractivity contribution >= 4 is 40.5 Å². The number of carboxylic acids is 1. The lowest BCUT2D eigenvalue weighted by molar-refractivity contribution is -0.132. The summed E-state index contributed by atoms with van der Waals surface area (Å²) < 4.78 is 6.84. The van der Waals surface area contributed by atoms with Gasteiger partial charge in [-0.1, -0.05) is 57.2 Å². The van der Waals surface area contributed by atoms with Crippen LogP contribution >= 0.6 is 22.6 Å². The van der Waals surface area contributed by atoms with E-state index in [9.17, 15) is 14.7 Å². The minimum Gasteiger partial charge on any atom is -0.477 e. The molecule has 0 heterocycles. The molecule has 3 rings (SSSR count). The summed E-state index contributed by atoms with van der Waals surface area (Å²) in [6.07, 6.45) is 1.42. The lowest BCUT2D eigenvalue weighted by Crippen LogP contribution is -2.27. The largest absolute Gasteiger partial charge is 0.477 e. The van der Waals surface area contributed by atoms with E-state index in [4.69, 9.17) is 4.74 Å². The number of benzene rings is 3. The van der Waals surface area contributed by atoms with Gasteiger partial charge in [-0.2, -0.15) is 0 Å². The van der Waals surface area contributed by atoms with Crippen LogP contribution in [0.2, 0.25) is 0 Å². The van der Waals surface area contributed by atoms with E-state index in [-0.39, 0.29) is 11.1 Å². The third-order valence-electron chi connectivity index (χ3n) is 4.75. The van der Waals surface area contributed by atoms with Crippen molar-refractivity contribution in [2.45, 2.75) is 26.2 Å². The van der Waals surface area contributed by atoms with Crippen molar-refractivity contribution in [2.75, 3.05) is 0 Å². The van der Waals surface area contributed by atoms with Crippen LogP contribution in [0, 0.1) is 3.57 Å². The Labute approximate surface area is 201 Å². The maximum absolute atomic E-state index is 12.6. The number of hydrogen-bond acceptors (Lipinski definition) is 3. The van der Waals surface area contributed by atoms with Crippen molar-refractivity contribution in [3.05, 3.63) is 98.8 Å². The number of halogens is 1. The molecule has 0 saturated heterocycles. The van der Waals surface area contributed by atoms with Gasteiger partial charge in [0.15, 0.2) is 0 Å². The second kappa shape index (κ2) is 9.99. The van der Waals surface area contributed by atoms with E-state index in [0.717, 1.165) is 14.9 Å². The summed E-state index contributed by atoms with van der Waals surface area (Å²) in [6.45, 7) is 6.26. The second-order valence-electron chi connectivity index (χ2n) is 8.25. The third-order valence-corrected chi connectivity index (χ3v) is 5.64. The molecule has 0 aromatic heterocycles. The molecule has 6 heteroatoms. The van der Waals surface area contributed by atoms with Crippen LogP contribution < -0.4 is 10.1 Å². The first-order valence-electron chi connectivity index (χ1n) is 10.0. The molecular formula is C26H24INO4. The lowest BCUT2D eigenvalue weighted by Gasteiger charge is -2.19. The topological polar surface area (TPSA) is 75.6 Å². The Bertz CT molecular complexity index is 1140. The number of carboxylic acid groups (broad SMARTS) is 1. The Kier molecular flexibility index (Phi) is 7.35. The minimum atomic E-state index is -1.22. The van der Waals surface area contributed by atoms with E-state index in [2.05, 4.69) is 48.7 Å². The van der Waals surface area contributed by atoms with Crippen LogP contribution in [-0.4, -0.2) is 17.0 Å². The standard InChI is InChI=1S/C26H24INO4/c1-26(2,3)19-12-10-18(11-13-19)24(29)28-22(25(30)31)16-17-8-14-20(15-9-17)32-23-7-5-4-6-21(23)27/h4-16H,1-3H3,(H,28,29)(H,30,31). The smallest absolute Gasteiger partial charge is 0.352 e. The van der Waals surface area contributed by atoms with Gasteiger partial charge in [0.2, 0.25) is 0 Å². The van der Waals surface area contributed by atoms with Gasteiger partial charge in [0.1, 0.15) is 17.2 Å². The molecule has 0 aliphatic heterocycles. The summed E-state index contributed by atoms with van der Waals surface area (Å²) in [5.74, 6) is -0.319. The fraction of sp³-hybridized carbons (Fsp3) is 0.154. The van der Waals surface area contributed by atoms with Gasteiger partial charge >= 0.3 is 5.97 Å². The fourth-order valence-electron chi connectivity index (χ4n) is 2.92. The van der Waals surface area contributed by atoms with E-state index in [1.54, 1.807) is 36.4 Å². The molecule has 3 aromatic rings. The van der Waals surface area contributed by atoms with E-state index in [1.165, 1.54) is 6.08 Å². The van der Waals surface area contributed by atoms with Crippen LogP contribution in [-0.2, 0) is 10.2 Å². The van der Waals surface area contributed by atoms with Crippen molar-refractivity contribution in [3.8, 4) is 11.5 Å². The first-order chi connectivity index (χ1) is 15.1. The van der Waals surface area contributed by atoms with E-state index < -0.39 is 11.9 Å². The van der Waals surface area contributed by atoms with Gasteiger partial charge in [-0.3, -0.25) is 4.79 Å². The average molecular weight is 541 g/mol. The molecule has 3 aromatic carbocycles. The minimum absolute atomic E-state index is 0.0319. The number of ether oxygens (including phenoxy) is 1. The summed E-state index contributed by atoms with van der Waals surface area (Å²) in [4.78, 5) is 24.3. The Balaban J connectivity index is 1.73. The molecule has 0 aliphatic carbocycles. The summed E-state index contributed by atoms with van der Waals surface area (Å²) in [6, 6.07) is 21.8. The first-order valence-corrected chi connectivity index (χ1v) is 11.1. The molecule has 1 amide bonds. The predicted molar refractivity (Wildman–Crippen MR) is 134 cm³/mol. The molecular weight excluding hydrogens is 517 g/mol. The monoisotopic (exact) mass is 541 g/mol. The van der Waals surface area contributed by atoms with Crippen LogP contribution in [0.5, 0.6) is 11.5 Å². The molecule has 0 bridgehead atoms. The Morgan fingerprint density at radius 3 is 2.12 bits per heavy atom. The fourth-order valence-corrected chi connectivity index (χ4v) is 3.42. The molecule has 0 spiro atoms. The molecule has 0 fully saturated rings. The zero-order valence-corrected chi connectivity index (χ0v) is 20.2. The zero-order chi connectivity index (χ0) is 23.3. The highest BCUT2D eigenvalue weighted by Crippen LogP contribution is 2.27. The summed E-state index contributed by atoms with van der Waals surface area (Å²) in [5.41, 5.74) is 1.87. The molecule has 0 saturated carbocycles. The van der Waals surface area contributed by atoms with Gasteiger partial charge in [-0.25, -0.2) is 4.79 Å². The molecule has 0 aliphatic rings. The number of para-hydroxylation sites is 1. The van der Waals surface area contributed by atoms with Gasteiger partial charge in [-0.15, -0.1) is 0 Å². The molecule has 0 radical (unpaired) electrons. The Hall–Kier alpha value is -3.13. The van der Waals surface area contributed by atoms with E-state index >= 15 is 0 Å². The van der Waals surface area contributed by atoms with Crippen molar-refractivity contribution in [3.63, 3.8) is 0 Å². The highest BCUT2D eigenvalue weighted by Gasteiger charge is 2.16. The molecule has 32 heavy (non-hydrogen) atoms. The Morgan fingerprint density at radius 1 is 0.938 bits per heavy atom. The first kappa shape index (κ1) is 23.5. The zero-order valence-electron chi connectivity index (χ0n) is 18.1. The van der Waals surface area contributed by atoms with Gasteiger partial charge < -0.3 is 15.2 Å². The molecule has 0 atom stereocenters. The summed E-state index contributed by atoms with van der Waals surface area (Å²) >= 11 is 2.20. The number of rotatable bonds is 6. The predicted octanol–water partition coefficient (Wildman–Crippen LogP) is 6.24. The maximum Gasteiger partial charge on any atom is 0.352 e. The van der Waals surface area contributed by atoms with Gasteiger partial charge in [0, 0.05) is 5.56 Å². The lowest BCUT2D eigenvalue weighted by atomic mass is 9.87. The van der Waals surface area contributed by atoms with Crippen LogP contribution in [0.4, 0.5) is 0 Å². The summed E-state index contributed by atoms with van der Waals surface area (Å²) in [7, 11) is 0. The third kappa shape index (κ3) is 6.20. The normalized spacial score (nSPS) is 11.7. The van der Waals surface area contributed by atoms with Crippen LogP contribution in [0.15, 0.2) is 78.5 Å². The summed E-state index contributed by atoms with van der Waals surface area (Å²) in [5, 5.41) is 12.0. The van der Waals surface area contributed by atoms with Crippen LogP contribution in [0.3, 0.4) is 0 Å². The van der Waals surface area contributed by atoms with Crippen molar-refractivity contribution < 1.29 is 19.4 Å². The average Bonchev–Trinajstić information content (AvgIpc) is 2.75. The maximum atomic E-state index is 12.6. The number of amides is 1. The molecule has 5 nitrogen and oxygen atoms in total. The van der Waals surface area contributed by atoms with Gasteiger partial charge in [0.05, 0.1) is 3.57 Å². The van der Waals surface area contributed by atoms with Crippen LogP contribution in [0.1, 0.15) is 42.3 Å². The highest BCUT2D eigenvalue weighted by atomic mass is 127. The molecule has 164 valence electrons. The van der Waals surface area contributed by atoms with Crippen molar-refractivity contribution in [2.24, 2.45) is 0 Å². The highest BCUT2D eigenvalue weighted by molar-refractivity contribution is 14.1. The quantitative estimate of drug-likeness (QED) is 0.286. The number of hydrogen-bond donors (Lipinski definition) is 2. The van der Waals surface area contributed by atoms with E-state index in [0.29, 0.717) is 16.9 Å². The van der Waals surface area contributed by atoms with Gasteiger partial charge in [0.25, 0.3) is 5.91 Å². The van der Waals surface area contributed by atoms with Crippen molar-refractivity contribution in [1.29, 1.82) is 0 Å². The molecule has 0 unspecified atom stereocenters. The van der Waals surface area contributed by atoms with E-state index in [1.807, 2.05) is 36.4 Å². The second-order valence-corrected chi connectivity index (χ2v) is 9.41. The SMILES string of the molecule is CC(C)(C)c1ccc(C(=O)NC(=Cc2ccc(Oc3ccccc3I)cc2)C(=O)O)cc1. The molecule has 2 N–H and O–H groups in total. The Morgan fingerprint density at radius 2 is 1.56 bits per heavy atom. The van der Waals surface area contributed by atoms with Crippen LogP contribution in [0.25, 0.3) is 6.08 Å². The number of aliphatic carboxylic acids is 1. The number of nitrogens with one attached hydrogen (secondary N) is 1.